The number of nitrogens with zero attached hydrogens (tertiary/aromatic N) is 1. The lowest BCUT2D eigenvalue weighted by atomic mass is 9.84. The van der Waals surface area contributed by atoms with Crippen molar-refractivity contribution < 1.29 is 4.79 Å². The zero-order valence-corrected chi connectivity index (χ0v) is 20.5. The van der Waals surface area contributed by atoms with Crippen LogP contribution < -0.4 is 10.6 Å². The molecule has 3 rings (SSSR count). The molecule has 1 amide bonds. The van der Waals surface area contributed by atoms with Crippen LogP contribution in [0.3, 0.4) is 0 Å². The van der Waals surface area contributed by atoms with Crippen molar-refractivity contribution in [2.24, 2.45) is 11.3 Å². The van der Waals surface area contributed by atoms with E-state index in [1.54, 1.807) is 18.2 Å². The number of anilines is 3. The zero-order valence-electron chi connectivity index (χ0n) is 18.1. The molecule has 0 fully saturated rings. The Morgan fingerprint density at radius 3 is 2.68 bits per heavy atom. The van der Waals surface area contributed by atoms with Gasteiger partial charge in [-0.1, -0.05) is 63.0 Å². The highest BCUT2D eigenvalue weighted by molar-refractivity contribution is 7.14. The first-order chi connectivity index (χ1) is 14.6. The van der Waals surface area contributed by atoms with Crippen molar-refractivity contribution in [2.45, 2.75) is 40.5 Å². The molecule has 7 heteroatoms. The third-order valence-corrected chi connectivity index (χ3v) is 5.93. The summed E-state index contributed by atoms with van der Waals surface area (Å²) in [6, 6.07) is 13.0. The Balaban J connectivity index is 1.66. The lowest BCUT2D eigenvalue weighted by Crippen LogP contribution is -2.18. The molecule has 1 unspecified atom stereocenters. The number of aromatic nitrogens is 1. The molecule has 0 bridgehead atoms. The van der Waals surface area contributed by atoms with E-state index < -0.39 is 0 Å². The summed E-state index contributed by atoms with van der Waals surface area (Å²) in [6.07, 6.45) is 1.51. The molecule has 0 saturated carbocycles. The van der Waals surface area contributed by atoms with Crippen LogP contribution in [-0.4, -0.2) is 10.9 Å². The Morgan fingerprint density at radius 1 is 1.16 bits per heavy atom. The number of hydrogen-bond acceptors (Lipinski definition) is 4. The molecular weight excluding hydrogens is 449 g/mol. The van der Waals surface area contributed by atoms with Gasteiger partial charge in [0.25, 0.3) is 0 Å². The first-order valence-corrected chi connectivity index (χ1v) is 11.8. The minimum absolute atomic E-state index is 0.0325. The first kappa shape index (κ1) is 23.6. The summed E-state index contributed by atoms with van der Waals surface area (Å²) in [4.78, 5) is 17.1. The quantitative estimate of drug-likeness (QED) is 0.361. The van der Waals surface area contributed by atoms with Crippen LogP contribution in [0.2, 0.25) is 10.0 Å². The number of carbonyl (C=O) groups is 1. The fourth-order valence-electron chi connectivity index (χ4n) is 3.57. The van der Waals surface area contributed by atoms with Gasteiger partial charge >= 0.3 is 0 Å². The van der Waals surface area contributed by atoms with E-state index in [0.29, 0.717) is 33.2 Å². The average Bonchev–Trinajstić information content (AvgIpc) is 3.12. The van der Waals surface area contributed by atoms with Crippen molar-refractivity contribution >= 4 is 57.0 Å². The van der Waals surface area contributed by atoms with E-state index in [-0.39, 0.29) is 11.3 Å². The van der Waals surface area contributed by atoms with Crippen molar-refractivity contribution in [1.82, 2.24) is 4.98 Å². The van der Waals surface area contributed by atoms with Crippen molar-refractivity contribution in [3.8, 4) is 11.3 Å². The van der Waals surface area contributed by atoms with Crippen LogP contribution in [0.1, 0.15) is 40.5 Å². The summed E-state index contributed by atoms with van der Waals surface area (Å²) in [5.74, 6) is 0.360. The zero-order chi connectivity index (χ0) is 22.6. The van der Waals surface area contributed by atoms with Crippen LogP contribution in [0, 0.1) is 11.3 Å². The van der Waals surface area contributed by atoms with Crippen LogP contribution in [0.15, 0.2) is 47.8 Å². The lowest BCUT2D eigenvalue weighted by molar-refractivity contribution is -0.117. The minimum atomic E-state index is 0.0325. The smallest absolute Gasteiger partial charge is 0.224 e. The maximum atomic E-state index is 12.5. The van der Waals surface area contributed by atoms with Gasteiger partial charge in [-0.15, -0.1) is 11.3 Å². The van der Waals surface area contributed by atoms with Crippen molar-refractivity contribution in [1.29, 1.82) is 0 Å². The highest BCUT2D eigenvalue weighted by Crippen LogP contribution is 2.32. The Kier molecular flexibility index (Phi) is 7.63. The largest absolute Gasteiger partial charge is 0.330 e. The summed E-state index contributed by atoms with van der Waals surface area (Å²) in [5, 5.41) is 10.1. The van der Waals surface area contributed by atoms with Gasteiger partial charge in [0.15, 0.2) is 5.13 Å². The molecule has 31 heavy (non-hydrogen) atoms. The Hall–Kier alpha value is -2.08. The van der Waals surface area contributed by atoms with Gasteiger partial charge in [0, 0.05) is 28.1 Å². The predicted molar refractivity (Wildman–Crippen MR) is 134 cm³/mol. The molecular formula is C24H27Cl2N3OS. The van der Waals surface area contributed by atoms with Crippen LogP contribution in [0.25, 0.3) is 11.3 Å². The summed E-state index contributed by atoms with van der Waals surface area (Å²) in [5.41, 5.74) is 3.45. The molecule has 0 aliphatic carbocycles. The fourth-order valence-corrected chi connectivity index (χ4v) is 4.64. The van der Waals surface area contributed by atoms with Gasteiger partial charge in [-0.3, -0.25) is 4.79 Å². The summed E-state index contributed by atoms with van der Waals surface area (Å²) in [6.45, 7) is 8.71. The molecule has 1 atom stereocenters. The van der Waals surface area contributed by atoms with E-state index in [1.165, 1.54) is 11.3 Å². The third kappa shape index (κ3) is 7.23. The Morgan fingerprint density at radius 2 is 1.94 bits per heavy atom. The molecule has 164 valence electrons. The van der Waals surface area contributed by atoms with Gasteiger partial charge in [-0.2, -0.15) is 0 Å². The number of rotatable bonds is 7. The maximum absolute atomic E-state index is 12.5. The third-order valence-electron chi connectivity index (χ3n) is 4.61. The molecule has 3 aromatic rings. The molecule has 4 nitrogen and oxygen atoms in total. The minimum Gasteiger partial charge on any atom is -0.330 e. The molecule has 0 saturated heterocycles. The van der Waals surface area contributed by atoms with Crippen molar-refractivity contribution in [2.75, 3.05) is 10.6 Å². The van der Waals surface area contributed by atoms with Crippen molar-refractivity contribution in [3.05, 3.63) is 57.9 Å². The molecule has 2 N–H and O–H groups in total. The van der Waals surface area contributed by atoms with Gasteiger partial charge in [-0.25, -0.2) is 4.98 Å². The fraction of sp³-hybridized carbons (Fsp3) is 0.333. The van der Waals surface area contributed by atoms with E-state index in [1.807, 2.05) is 29.6 Å². The standard InChI is InChI=1S/C24H27Cl2N3OS/c1-15(13-24(2,3)4)10-22(30)27-18-7-5-6-16(11-18)21-14-31-23(29-21)28-20-12-17(25)8-9-19(20)26/h5-9,11-12,14-15H,10,13H2,1-4H3,(H,27,30)(H,28,29). The van der Waals surface area contributed by atoms with Gasteiger partial charge in [0.1, 0.15) is 0 Å². The van der Waals surface area contributed by atoms with Crippen LogP contribution in [-0.2, 0) is 4.79 Å². The normalized spacial score (nSPS) is 12.5. The molecule has 0 spiro atoms. The van der Waals surface area contributed by atoms with Crippen LogP contribution in [0.5, 0.6) is 0 Å². The number of halogens is 2. The van der Waals surface area contributed by atoms with Crippen LogP contribution >= 0.6 is 34.5 Å². The highest BCUT2D eigenvalue weighted by Gasteiger charge is 2.18. The number of nitrogens with one attached hydrogen (secondary N) is 2. The predicted octanol–water partition coefficient (Wildman–Crippen LogP) is 8.26. The number of benzene rings is 2. The maximum Gasteiger partial charge on any atom is 0.224 e. The van der Waals surface area contributed by atoms with E-state index in [9.17, 15) is 4.79 Å². The van der Waals surface area contributed by atoms with E-state index in [0.717, 1.165) is 23.4 Å². The monoisotopic (exact) mass is 475 g/mol. The Labute approximate surface area is 198 Å². The average molecular weight is 476 g/mol. The number of amides is 1. The number of hydrogen-bond donors (Lipinski definition) is 2. The molecule has 0 aliphatic rings. The number of carbonyl (C=O) groups excluding carboxylic acids is 1. The molecule has 0 aliphatic heterocycles. The van der Waals surface area contributed by atoms with Gasteiger partial charge in [-0.05, 0) is 48.1 Å². The summed E-state index contributed by atoms with van der Waals surface area (Å²) in [7, 11) is 0. The molecule has 1 heterocycles. The van der Waals surface area contributed by atoms with E-state index >= 15 is 0 Å². The molecule has 1 aromatic heterocycles. The Bertz CT molecular complexity index is 1060. The second kappa shape index (κ2) is 10.0. The van der Waals surface area contributed by atoms with E-state index in [4.69, 9.17) is 23.2 Å². The van der Waals surface area contributed by atoms with Gasteiger partial charge in [0.05, 0.1) is 16.4 Å². The first-order valence-electron chi connectivity index (χ1n) is 10.2. The second-order valence-electron chi connectivity index (χ2n) is 8.99. The lowest BCUT2D eigenvalue weighted by Gasteiger charge is -2.22. The molecule has 0 radical (unpaired) electrons. The van der Waals surface area contributed by atoms with Crippen LogP contribution in [0.4, 0.5) is 16.5 Å². The SMILES string of the molecule is CC(CC(=O)Nc1cccc(-c2csc(Nc3cc(Cl)ccc3Cl)n2)c1)CC(C)(C)C. The highest BCUT2D eigenvalue weighted by atomic mass is 35.5. The van der Waals surface area contributed by atoms with Gasteiger partial charge < -0.3 is 10.6 Å². The van der Waals surface area contributed by atoms with Crippen molar-refractivity contribution in [3.63, 3.8) is 0 Å². The summed E-state index contributed by atoms with van der Waals surface area (Å²) < 4.78 is 0. The topological polar surface area (TPSA) is 54.0 Å². The number of thiazole rings is 1. The molecule has 2 aromatic carbocycles. The van der Waals surface area contributed by atoms with E-state index in [2.05, 4.69) is 43.3 Å². The second-order valence-corrected chi connectivity index (χ2v) is 10.7. The summed E-state index contributed by atoms with van der Waals surface area (Å²) >= 11 is 13.8. The van der Waals surface area contributed by atoms with Gasteiger partial charge in [0.2, 0.25) is 5.91 Å².